The summed E-state index contributed by atoms with van der Waals surface area (Å²) in [4.78, 5) is 11.3. The summed E-state index contributed by atoms with van der Waals surface area (Å²) in [5, 5.41) is 0. The van der Waals surface area contributed by atoms with Crippen LogP contribution in [0.5, 0.6) is 0 Å². The minimum atomic E-state index is -0.335. The summed E-state index contributed by atoms with van der Waals surface area (Å²) in [5.74, 6) is -0.335. The summed E-state index contributed by atoms with van der Waals surface area (Å²) in [5.41, 5.74) is 0.547. The van der Waals surface area contributed by atoms with Crippen LogP contribution < -0.4 is 0 Å². The van der Waals surface area contributed by atoms with Crippen molar-refractivity contribution < 1.29 is 14.3 Å². The lowest BCUT2D eigenvalue weighted by Crippen LogP contribution is -2.09. The van der Waals surface area contributed by atoms with Gasteiger partial charge in [0.05, 0.1) is 11.8 Å². The monoisotopic (exact) mass is 192 g/mol. The third-order valence-corrected chi connectivity index (χ3v) is 1.56. The largest absolute Gasteiger partial charge is 0.498 e. The first kappa shape index (κ1) is 10.3. The van der Waals surface area contributed by atoms with Gasteiger partial charge in [0.2, 0.25) is 0 Å². The van der Waals surface area contributed by atoms with Crippen LogP contribution in [0.2, 0.25) is 0 Å². The Morgan fingerprint density at radius 1 is 1.29 bits per heavy atom. The number of ether oxygens (including phenoxy) is 2. The van der Waals surface area contributed by atoms with Gasteiger partial charge in [-0.2, -0.15) is 0 Å². The van der Waals surface area contributed by atoms with Crippen LogP contribution in [0.4, 0.5) is 0 Å². The van der Waals surface area contributed by atoms with E-state index in [1.54, 1.807) is 24.3 Å². The smallest absolute Gasteiger partial charge is 0.338 e. The topological polar surface area (TPSA) is 35.5 Å². The second kappa shape index (κ2) is 5.80. The summed E-state index contributed by atoms with van der Waals surface area (Å²) in [6, 6.07) is 8.83. The predicted octanol–water partition coefficient (Wildman–Crippen LogP) is 2.00. The van der Waals surface area contributed by atoms with Gasteiger partial charge in [-0.25, -0.2) is 4.79 Å². The predicted molar refractivity (Wildman–Crippen MR) is 52.9 cm³/mol. The molecule has 74 valence electrons. The third kappa shape index (κ3) is 3.31. The van der Waals surface area contributed by atoms with E-state index in [1.165, 1.54) is 6.26 Å². The minimum Gasteiger partial charge on any atom is -0.498 e. The molecule has 0 aliphatic heterocycles. The van der Waals surface area contributed by atoms with Gasteiger partial charge in [-0.3, -0.25) is 0 Å². The Hall–Kier alpha value is -1.77. The highest BCUT2D eigenvalue weighted by molar-refractivity contribution is 5.89. The first-order valence-electron chi connectivity index (χ1n) is 4.29. The van der Waals surface area contributed by atoms with Gasteiger partial charge in [0.1, 0.15) is 13.2 Å². The van der Waals surface area contributed by atoms with Gasteiger partial charge in [0.25, 0.3) is 0 Å². The molecule has 0 saturated heterocycles. The minimum absolute atomic E-state index is 0.236. The van der Waals surface area contributed by atoms with Gasteiger partial charge in [0, 0.05) is 0 Å². The highest BCUT2D eigenvalue weighted by Gasteiger charge is 2.04. The van der Waals surface area contributed by atoms with Crippen molar-refractivity contribution in [1.82, 2.24) is 0 Å². The van der Waals surface area contributed by atoms with E-state index in [0.29, 0.717) is 12.2 Å². The zero-order valence-electron chi connectivity index (χ0n) is 7.81. The quantitative estimate of drug-likeness (QED) is 0.406. The first-order chi connectivity index (χ1) is 6.84. The van der Waals surface area contributed by atoms with Crippen LogP contribution in [0.15, 0.2) is 43.2 Å². The van der Waals surface area contributed by atoms with E-state index in [4.69, 9.17) is 9.47 Å². The fraction of sp³-hybridized carbons (Fsp3) is 0.182. The van der Waals surface area contributed by atoms with Crippen molar-refractivity contribution >= 4 is 5.97 Å². The van der Waals surface area contributed by atoms with Crippen molar-refractivity contribution in [3.05, 3.63) is 48.7 Å². The van der Waals surface area contributed by atoms with E-state index < -0.39 is 0 Å². The maximum atomic E-state index is 11.3. The lowest BCUT2D eigenvalue weighted by Gasteiger charge is -2.03. The SMILES string of the molecule is C=COCCOC(=O)c1ccccc1. The summed E-state index contributed by atoms with van der Waals surface area (Å²) < 4.78 is 9.72. The van der Waals surface area contributed by atoms with Crippen molar-refractivity contribution in [2.45, 2.75) is 0 Å². The molecule has 0 radical (unpaired) electrons. The van der Waals surface area contributed by atoms with E-state index in [0.717, 1.165) is 0 Å². The number of carbonyl (C=O) groups is 1. The molecule has 3 nitrogen and oxygen atoms in total. The van der Waals surface area contributed by atoms with E-state index in [2.05, 4.69) is 6.58 Å². The van der Waals surface area contributed by atoms with Gasteiger partial charge in [-0.15, -0.1) is 0 Å². The Morgan fingerprint density at radius 3 is 2.64 bits per heavy atom. The molecule has 14 heavy (non-hydrogen) atoms. The molecule has 0 heterocycles. The summed E-state index contributed by atoms with van der Waals surface area (Å²) in [7, 11) is 0. The zero-order valence-corrected chi connectivity index (χ0v) is 7.81. The standard InChI is InChI=1S/C11H12O3/c1-2-13-8-9-14-11(12)10-6-4-3-5-7-10/h2-7H,1,8-9H2. The molecule has 1 rings (SSSR count). The van der Waals surface area contributed by atoms with Crippen LogP contribution in [0.25, 0.3) is 0 Å². The molecule has 0 saturated carbocycles. The molecule has 3 heteroatoms. The van der Waals surface area contributed by atoms with Crippen LogP contribution in [-0.2, 0) is 9.47 Å². The fourth-order valence-corrected chi connectivity index (χ4v) is 0.923. The zero-order chi connectivity index (χ0) is 10.2. The highest BCUT2D eigenvalue weighted by atomic mass is 16.6. The normalized spacial score (nSPS) is 9.14. The Balaban J connectivity index is 2.32. The Bertz CT molecular complexity index is 293. The number of hydrogen-bond donors (Lipinski definition) is 0. The van der Waals surface area contributed by atoms with Crippen LogP contribution in [0.1, 0.15) is 10.4 Å². The summed E-state index contributed by atoms with van der Waals surface area (Å²) >= 11 is 0. The Labute approximate surface area is 83.0 Å². The van der Waals surface area contributed by atoms with Crippen molar-refractivity contribution in [3.63, 3.8) is 0 Å². The van der Waals surface area contributed by atoms with Crippen molar-refractivity contribution in [2.24, 2.45) is 0 Å². The Kier molecular flexibility index (Phi) is 4.27. The molecular formula is C11H12O3. The number of rotatable bonds is 5. The number of hydrogen-bond acceptors (Lipinski definition) is 3. The molecule has 0 fully saturated rings. The number of esters is 1. The van der Waals surface area contributed by atoms with Gasteiger partial charge in [0.15, 0.2) is 0 Å². The van der Waals surface area contributed by atoms with Crippen molar-refractivity contribution in [2.75, 3.05) is 13.2 Å². The molecule has 0 atom stereocenters. The summed E-state index contributed by atoms with van der Waals surface area (Å²) in [6.45, 7) is 3.94. The van der Waals surface area contributed by atoms with E-state index >= 15 is 0 Å². The van der Waals surface area contributed by atoms with E-state index in [9.17, 15) is 4.79 Å². The van der Waals surface area contributed by atoms with E-state index in [1.807, 2.05) is 6.07 Å². The molecule has 0 spiro atoms. The maximum Gasteiger partial charge on any atom is 0.338 e. The number of benzene rings is 1. The van der Waals surface area contributed by atoms with Crippen LogP contribution in [0.3, 0.4) is 0 Å². The Morgan fingerprint density at radius 2 is 2.00 bits per heavy atom. The van der Waals surface area contributed by atoms with E-state index in [-0.39, 0.29) is 12.6 Å². The average molecular weight is 192 g/mol. The first-order valence-corrected chi connectivity index (χ1v) is 4.29. The molecule has 1 aromatic carbocycles. The van der Waals surface area contributed by atoms with Crippen LogP contribution in [0, 0.1) is 0 Å². The fourth-order valence-electron chi connectivity index (χ4n) is 0.923. The summed E-state index contributed by atoms with van der Waals surface area (Å²) in [6.07, 6.45) is 1.32. The second-order valence-electron chi connectivity index (χ2n) is 2.54. The average Bonchev–Trinajstić information content (AvgIpc) is 2.25. The van der Waals surface area contributed by atoms with Crippen LogP contribution >= 0.6 is 0 Å². The molecular weight excluding hydrogens is 180 g/mol. The number of carbonyl (C=O) groups excluding carboxylic acids is 1. The second-order valence-corrected chi connectivity index (χ2v) is 2.54. The van der Waals surface area contributed by atoms with Crippen LogP contribution in [-0.4, -0.2) is 19.2 Å². The van der Waals surface area contributed by atoms with Crippen molar-refractivity contribution in [3.8, 4) is 0 Å². The molecule has 1 aromatic rings. The van der Waals surface area contributed by atoms with Gasteiger partial charge < -0.3 is 9.47 Å². The lowest BCUT2D eigenvalue weighted by molar-refractivity contribution is 0.0421. The third-order valence-electron chi connectivity index (χ3n) is 1.56. The van der Waals surface area contributed by atoms with Gasteiger partial charge in [-0.1, -0.05) is 24.8 Å². The molecule has 0 aliphatic rings. The van der Waals surface area contributed by atoms with Crippen molar-refractivity contribution in [1.29, 1.82) is 0 Å². The molecule has 0 bridgehead atoms. The molecule has 0 unspecified atom stereocenters. The highest BCUT2D eigenvalue weighted by Crippen LogP contribution is 2.00. The lowest BCUT2D eigenvalue weighted by atomic mass is 10.2. The van der Waals surface area contributed by atoms with Gasteiger partial charge in [-0.05, 0) is 12.1 Å². The molecule has 0 N–H and O–H groups in total. The molecule has 0 amide bonds. The maximum absolute atomic E-state index is 11.3. The molecule has 0 aliphatic carbocycles. The van der Waals surface area contributed by atoms with Gasteiger partial charge >= 0.3 is 5.97 Å². The molecule has 0 aromatic heterocycles.